The molecule has 130 valence electrons. The van der Waals surface area contributed by atoms with Crippen molar-refractivity contribution in [1.29, 1.82) is 0 Å². The molecule has 1 N–H and O–H groups in total. The summed E-state index contributed by atoms with van der Waals surface area (Å²) in [6.45, 7) is 5.45. The van der Waals surface area contributed by atoms with Gasteiger partial charge in [0.15, 0.2) is 11.5 Å². The van der Waals surface area contributed by atoms with Crippen molar-refractivity contribution in [3.8, 4) is 11.5 Å². The van der Waals surface area contributed by atoms with Crippen LogP contribution >= 0.6 is 23.2 Å². The summed E-state index contributed by atoms with van der Waals surface area (Å²) in [7, 11) is 1.62. The molecule has 0 spiro atoms. The molecule has 1 atom stereocenters. The molecule has 0 aliphatic carbocycles. The largest absolute Gasteiger partial charge is 0.493 e. The van der Waals surface area contributed by atoms with Crippen LogP contribution in [0.2, 0.25) is 10.0 Å². The van der Waals surface area contributed by atoms with Gasteiger partial charge in [-0.1, -0.05) is 42.3 Å². The molecule has 24 heavy (non-hydrogen) atoms. The fourth-order valence-electron chi connectivity index (χ4n) is 2.19. The second-order valence-corrected chi connectivity index (χ2v) is 6.56. The maximum absolute atomic E-state index is 6.40. The van der Waals surface area contributed by atoms with Gasteiger partial charge in [-0.25, -0.2) is 0 Å². The molecular formula is C19H23Cl2NO2. The molecule has 0 radical (unpaired) electrons. The van der Waals surface area contributed by atoms with Crippen LogP contribution < -0.4 is 14.8 Å². The molecule has 0 saturated heterocycles. The normalized spacial score (nSPS) is 12.0. The maximum Gasteiger partial charge on any atom is 0.180 e. The Balaban J connectivity index is 2.10. The molecule has 0 aliphatic heterocycles. The molecule has 0 aliphatic rings. The van der Waals surface area contributed by atoms with Gasteiger partial charge >= 0.3 is 0 Å². The van der Waals surface area contributed by atoms with Gasteiger partial charge in [-0.05, 0) is 48.7 Å². The van der Waals surface area contributed by atoms with Crippen LogP contribution in [0.1, 0.15) is 31.4 Å². The third kappa shape index (κ3) is 5.30. The Labute approximate surface area is 153 Å². The summed E-state index contributed by atoms with van der Waals surface area (Å²) in [4.78, 5) is 0. The topological polar surface area (TPSA) is 30.5 Å². The van der Waals surface area contributed by atoms with Crippen LogP contribution in [-0.2, 0) is 13.2 Å². The van der Waals surface area contributed by atoms with Gasteiger partial charge in [-0.3, -0.25) is 0 Å². The smallest absolute Gasteiger partial charge is 0.180 e. The highest BCUT2D eigenvalue weighted by Crippen LogP contribution is 2.37. The Hall–Kier alpha value is -1.42. The van der Waals surface area contributed by atoms with Gasteiger partial charge in [-0.2, -0.15) is 0 Å². The van der Waals surface area contributed by atoms with Crippen LogP contribution in [-0.4, -0.2) is 13.2 Å². The van der Waals surface area contributed by atoms with E-state index in [2.05, 4.69) is 19.2 Å². The molecule has 0 bridgehead atoms. The van der Waals surface area contributed by atoms with Gasteiger partial charge in [0.05, 0.1) is 12.1 Å². The first kappa shape index (κ1) is 18.9. The van der Waals surface area contributed by atoms with E-state index in [0.29, 0.717) is 34.2 Å². The molecule has 2 rings (SSSR count). The molecule has 3 nitrogen and oxygen atoms in total. The van der Waals surface area contributed by atoms with Crippen LogP contribution in [0.15, 0.2) is 36.4 Å². The number of methoxy groups -OCH3 is 1. The Morgan fingerprint density at radius 1 is 1.08 bits per heavy atom. The molecule has 0 amide bonds. The van der Waals surface area contributed by atoms with E-state index < -0.39 is 0 Å². The summed E-state index contributed by atoms with van der Waals surface area (Å²) in [5.41, 5.74) is 2.08. The lowest BCUT2D eigenvalue weighted by atomic mass is 10.1. The third-order valence-corrected chi connectivity index (χ3v) is 4.39. The Morgan fingerprint density at radius 3 is 2.42 bits per heavy atom. The van der Waals surface area contributed by atoms with Crippen molar-refractivity contribution in [2.24, 2.45) is 0 Å². The third-order valence-electron chi connectivity index (χ3n) is 3.85. The van der Waals surface area contributed by atoms with Crippen molar-refractivity contribution in [2.45, 2.75) is 39.5 Å². The van der Waals surface area contributed by atoms with Crippen molar-refractivity contribution in [3.05, 3.63) is 57.6 Å². The molecule has 0 saturated carbocycles. The van der Waals surface area contributed by atoms with Gasteiger partial charge in [0.1, 0.15) is 6.61 Å². The predicted molar refractivity (Wildman–Crippen MR) is 100 cm³/mol. The first-order chi connectivity index (χ1) is 11.5. The second-order valence-electron chi connectivity index (χ2n) is 5.71. The molecule has 0 fully saturated rings. The van der Waals surface area contributed by atoms with Crippen molar-refractivity contribution in [2.75, 3.05) is 7.11 Å². The SMILES string of the molecule is CC[C@H](C)NCc1cc(Cl)c(OCc2ccc(Cl)cc2)c(OC)c1. The molecule has 0 aromatic heterocycles. The highest BCUT2D eigenvalue weighted by molar-refractivity contribution is 6.32. The molecule has 2 aromatic rings. The van der Waals surface area contributed by atoms with E-state index in [1.807, 2.05) is 36.4 Å². The Kier molecular flexibility index (Phi) is 7.22. The van der Waals surface area contributed by atoms with Crippen molar-refractivity contribution >= 4 is 23.2 Å². The fourth-order valence-corrected chi connectivity index (χ4v) is 2.60. The number of rotatable bonds is 8. The van der Waals surface area contributed by atoms with E-state index in [1.165, 1.54) is 0 Å². The van der Waals surface area contributed by atoms with Crippen LogP contribution in [0.5, 0.6) is 11.5 Å². The zero-order valence-electron chi connectivity index (χ0n) is 14.2. The quantitative estimate of drug-likeness (QED) is 0.670. The zero-order chi connectivity index (χ0) is 17.5. The molecular weight excluding hydrogens is 345 g/mol. The maximum atomic E-state index is 6.40. The van der Waals surface area contributed by atoms with E-state index in [9.17, 15) is 0 Å². The standard InChI is InChI=1S/C19H23Cl2NO2/c1-4-13(2)22-11-15-9-17(21)19(18(10-15)23-3)24-12-14-5-7-16(20)8-6-14/h5-10,13,22H,4,11-12H2,1-3H3/t13-/m0/s1. The number of nitrogens with one attached hydrogen (secondary N) is 1. The van der Waals surface area contributed by atoms with Gasteiger partial charge < -0.3 is 14.8 Å². The highest BCUT2D eigenvalue weighted by Gasteiger charge is 2.13. The minimum Gasteiger partial charge on any atom is -0.493 e. The van der Waals surface area contributed by atoms with Gasteiger partial charge in [-0.15, -0.1) is 0 Å². The minimum absolute atomic E-state index is 0.401. The summed E-state index contributed by atoms with van der Waals surface area (Å²) in [6.07, 6.45) is 1.08. The first-order valence-electron chi connectivity index (χ1n) is 8.00. The fraction of sp³-hybridized carbons (Fsp3) is 0.368. The van der Waals surface area contributed by atoms with Gasteiger partial charge in [0.2, 0.25) is 0 Å². The van der Waals surface area contributed by atoms with Crippen LogP contribution in [0, 0.1) is 0 Å². The van der Waals surface area contributed by atoms with E-state index in [0.717, 1.165) is 24.1 Å². The second kappa shape index (κ2) is 9.16. The summed E-state index contributed by atoms with van der Waals surface area (Å²) >= 11 is 12.3. The molecule has 0 heterocycles. The van der Waals surface area contributed by atoms with E-state index in [4.69, 9.17) is 32.7 Å². The lowest BCUT2D eigenvalue weighted by Gasteiger charge is -2.16. The zero-order valence-corrected chi connectivity index (χ0v) is 15.7. The lowest BCUT2D eigenvalue weighted by Crippen LogP contribution is -2.24. The van der Waals surface area contributed by atoms with Crippen molar-refractivity contribution in [1.82, 2.24) is 5.32 Å². The van der Waals surface area contributed by atoms with Gasteiger partial charge in [0, 0.05) is 17.6 Å². The average molecular weight is 368 g/mol. The Morgan fingerprint density at radius 2 is 1.79 bits per heavy atom. The predicted octanol–water partition coefficient (Wildman–Crippen LogP) is 5.47. The van der Waals surface area contributed by atoms with E-state index in [-0.39, 0.29) is 0 Å². The van der Waals surface area contributed by atoms with Crippen LogP contribution in [0.25, 0.3) is 0 Å². The summed E-state index contributed by atoms with van der Waals surface area (Å²) < 4.78 is 11.3. The highest BCUT2D eigenvalue weighted by atomic mass is 35.5. The number of benzene rings is 2. The number of ether oxygens (including phenoxy) is 2. The molecule has 0 unspecified atom stereocenters. The lowest BCUT2D eigenvalue weighted by molar-refractivity contribution is 0.284. The number of halogens is 2. The minimum atomic E-state index is 0.401. The molecule has 5 heteroatoms. The van der Waals surface area contributed by atoms with E-state index >= 15 is 0 Å². The van der Waals surface area contributed by atoms with Gasteiger partial charge in [0.25, 0.3) is 0 Å². The Bertz CT molecular complexity index is 659. The van der Waals surface area contributed by atoms with Crippen LogP contribution in [0.4, 0.5) is 0 Å². The summed E-state index contributed by atoms with van der Waals surface area (Å²) in [5.74, 6) is 1.19. The summed E-state index contributed by atoms with van der Waals surface area (Å²) in [5, 5.41) is 4.69. The molecule has 2 aromatic carbocycles. The van der Waals surface area contributed by atoms with Crippen molar-refractivity contribution < 1.29 is 9.47 Å². The van der Waals surface area contributed by atoms with E-state index in [1.54, 1.807) is 7.11 Å². The van der Waals surface area contributed by atoms with Crippen LogP contribution in [0.3, 0.4) is 0 Å². The van der Waals surface area contributed by atoms with Crippen molar-refractivity contribution in [3.63, 3.8) is 0 Å². The number of hydrogen-bond acceptors (Lipinski definition) is 3. The monoisotopic (exact) mass is 367 g/mol. The summed E-state index contributed by atoms with van der Waals surface area (Å²) in [6, 6.07) is 11.8. The average Bonchev–Trinajstić information content (AvgIpc) is 2.59. The number of hydrogen-bond donors (Lipinski definition) is 1. The first-order valence-corrected chi connectivity index (χ1v) is 8.76.